The first-order valence-corrected chi connectivity index (χ1v) is 6.14. The smallest absolute Gasteiger partial charge is 0.255 e. The number of halogens is 4. The summed E-state index contributed by atoms with van der Waals surface area (Å²) in [5.41, 5.74) is 4.96. The number of amides is 1. The van der Waals surface area contributed by atoms with Gasteiger partial charge in [-0.1, -0.05) is 23.2 Å². The van der Waals surface area contributed by atoms with Crippen LogP contribution in [0.1, 0.15) is 10.4 Å². The molecule has 0 saturated carbocycles. The van der Waals surface area contributed by atoms with Crippen molar-refractivity contribution in [2.45, 2.75) is 0 Å². The van der Waals surface area contributed by atoms with Gasteiger partial charge < -0.3 is 11.1 Å². The normalized spacial score (nSPS) is 10.4. The van der Waals surface area contributed by atoms with Crippen LogP contribution >= 0.6 is 23.2 Å². The van der Waals surface area contributed by atoms with Crippen LogP contribution in [0.4, 0.5) is 20.2 Å². The second kappa shape index (κ2) is 5.64. The van der Waals surface area contributed by atoms with Gasteiger partial charge in [0.25, 0.3) is 5.91 Å². The summed E-state index contributed by atoms with van der Waals surface area (Å²) in [7, 11) is 0. The Balaban J connectivity index is 2.30. The molecule has 0 saturated heterocycles. The lowest BCUT2D eigenvalue weighted by Gasteiger charge is -2.08. The Bertz CT molecular complexity index is 672. The number of benzene rings is 2. The van der Waals surface area contributed by atoms with Crippen molar-refractivity contribution in [3.63, 3.8) is 0 Å². The van der Waals surface area contributed by atoms with Crippen LogP contribution in [0.15, 0.2) is 30.3 Å². The Morgan fingerprint density at radius 3 is 2.20 bits per heavy atom. The van der Waals surface area contributed by atoms with E-state index in [4.69, 9.17) is 28.9 Å². The number of hydrogen-bond acceptors (Lipinski definition) is 2. The zero-order chi connectivity index (χ0) is 14.9. The largest absolute Gasteiger partial charge is 0.396 e. The van der Waals surface area contributed by atoms with Gasteiger partial charge in [-0.3, -0.25) is 4.79 Å². The van der Waals surface area contributed by atoms with Gasteiger partial charge in [-0.2, -0.15) is 0 Å². The second-order valence-corrected chi connectivity index (χ2v) is 4.84. The van der Waals surface area contributed by atoms with Crippen LogP contribution in [0.5, 0.6) is 0 Å². The predicted molar refractivity (Wildman–Crippen MR) is 75.2 cm³/mol. The number of rotatable bonds is 2. The quantitative estimate of drug-likeness (QED) is 0.819. The molecule has 3 N–H and O–H groups in total. The van der Waals surface area contributed by atoms with Gasteiger partial charge in [0, 0.05) is 21.7 Å². The zero-order valence-electron chi connectivity index (χ0n) is 9.88. The summed E-state index contributed by atoms with van der Waals surface area (Å²) in [5.74, 6) is -2.47. The Hall–Kier alpha value is -1.85. The highest BCUT2D eigenvalue weighted by Gasteiger charge is 2.13. The van der Waals surface area contributed by atoms with Gasteiger partial charge >= 0.3 is 0 Å². The standard InChI is InChI=1S/C13H8Cl2F2N2O/c14-7-1-6(2-8(15)3-7)13(20)19-12-5-11(18)9(16)4-10(12)17/h1-5H,18H2,(H,19,20). The Kier molecular flexibility index (Phi) is 4.11. The van der Waals surface area contributed by atoms with Gasteiger partial charge in [-0.15, -0.1) is 0 Å². The minimum absolute atomic E-state index is 0.143. The number of carbonyl (C=O) groups is 1. The maximum atomic E-state index is 13.5. The molecule has 0 bridgehead atoms. The van der Waals surface area contributed by atoms with Crippen molar-refractivity contribution in [2.24, 2.45) is 0 Å². The van der Waals surface area contributed by atoms with Gasteiger partial charge in [0.05, 0.1) is 11.4 Å². The maximum Gasteiger partial charge on any atom is 0.255 e. The van der Waals surface area contributed by atoms with E-state index in [0.717, 1.165) is 6.07 Å². The lowest BCUT2D eigenvalue weighted by atomic mass is 10.2. The van der Waals surface area contributed by atoms with Crippen molar-refractivity contribution in [1.82, 2.24) is 0 Å². The fraction of sp³-hybridized carbons (Fsp3) is 0. The van der Waals surface area contributed by atoms with E-state index in [-0.39, 0.29) is 27.0 Å². The molecule has 0 fully saturated rings. The third-order valence-corrected chi connectivity index (χ3v) is 2.90. The average Bonchev–Trinajstić information content (AvgIpc) is 2.34. The van der Waals surface area contributed by atoms with Gasteiger partial charge in [-0.25, -0.2) is 8.78 Å². The van der Waals surface area contributed by atoms with E-state index in [1.54, 1.807) is 0 Å². The van der Waals surface area contributed by atoms with E-state index in [2.05, 4.69) is 5.32 Å². The molecule has 0 spiro atoms. The van der Waals surface area contributed by atoms with Crippen LogP contribution in [0.2, 0.25) is 10.0 Å². The minimum atomic E-state index is -0.932. The van der Waals surface area contributed by atoms with Crippen LogP contribution in [0.25, 0.3) is 0 Å². The fourth-order valence-corrected chi connectivity index (χ4v) is 2.07. The number of nitrogen functional groups attached to an aromatic ring is 1. The van der Waals surface area contributed by atoms with Crippen molar-refractivity contribution in [1.29, 1.82) is 0 Å². The van der Waals surface area contributed by atoms with Crippen molar-refractivity contribution in [3.8, 4) is 0 Å². The zero-order valence-corrected chi connectivity index (χ0v) is 11.4. The molecule has 0 aliphatic rings. The van der Waals surface area contributed by atoms with E-state index < -0.39 is 17.5 Å². The first kappa shape index (κ1) is 14.6. The molecular weight excluding hydrogens is 309 g/mol. The molecule has 104 valence electrons. The summed E-state index contributed by atoms with van der Waals surface area (Å²) in [5, 5.41) is 2.80. The number of carbonyl (C=O) groups excluding carboxylic acids is 1. The molecule has 7 heteroatoms. The summed E-state index contributed by atoms with van der Waals surface area (Å²) >= 11 is 11.5. The highest BCUT2D eigenvalue weighted by Crippen LogP contribution is 2.23. The molecule has 1 amide bonds. The van der Waals surface area contributed by atoms with Crippen LogP contribution in [0.3, 0.4) is 0 Å². The predicted octanol–water partition coefficient (Wildman–Crippen LogP) is 4.11. The first-order chi connectivity index (χ1) is 9.36. The third kappa shape index (κ3) is 3.18. The number of nitrogens with one attached hydrogen (secondary N) is 1. The molecule has 0 radical (unpaired) electrons. The average molecular weight is 317 g/mol. The fourth-order valence-electron chi connectivity index (χ4n) is 1.54. The Labute approximate surface area is 123 Å². The van der Waals surface area contributed by atoms with Gasteiger partial charge in [-0.05, 0) is 24.3 Å². The third-order valence-electron chi connectivity index (χ3n) is 2.46. The van der Waals surface area contributed by atoms with E-state index in [9.17, 15) is 13.6 Å². The number of hydrogen-bond donors (Lipinski definition) is 2. The van der Waals surface area contributed by atoms with E-state index in [0.29, 0.717) is 6.07 Å². The van der Waals surface area contributed by atoms with Crippen molar-refractivity contribution in [3.05, 3.63) is 57.6 Å². The summed E-state index contributed by atoms with van der Waals surface area (Å²) in [6.07, 6.45) is 0. The lowest BCUT2D eigenvalue weighted by Crippen LogP contribution is -2.13. The minimum Gasteiger partial charge on any atom is -0.396 e. The van der Waals surface area contributed by atoms with Crippen LogP contribution < -0.4 is 11.1 Å². The molecule has 3 nitrogen and oxygen atoms in total. The van der Waals surface area contributed by atoms with Gasteiger partial charge in [0.2, 0.25) is 0 Å². The second-order valence-electron chi connectivity index (χ2n) is 3.97. The van der Waals surface area contributed by atoms with Gasteiger partial charge in [0.1, 0.15) is 11.6 Å². The van der Waals surface area contributed by atoms with E-state index >= 15 is 0 Å². The molecular formula is C13H8Cl2F2N2O. The molecule has 20 heavy (non-hydrogen) atoms. The molecule has 2 rings (SSSR count). The van der Waals surface area contributed by atoms with Crippen LogP contribution in [-0.2, 0) is 0 Å². The molecule has 0 aliphatic carbocycles. The maximum absolute atomic E-state index is 13.5. The molecule has 2 aromatic carbocycles. The number of anilines is 2. The Morgan fingerprint density at radius 2 is 1.60 bits per heavy atom. The molecule has 0 aromatic heterocycles. The van der Waals surface area contributed by atoms with Crippen molar-refractivity contribution >= 4 is 40.5 Å². The summed E-state index contributed by atoms with van der Waals surface area (Å²) < 4.78 is 26.5. The highest BCUT2D eigenvalue weighted by molar-refractivity contribution is 6.35. The van der Waals surface area contributed by atoms with Crippen molar-refractivity contribution < 1.29 is 13.6 Å². The molecule has 0 atom stereocenters. The Morgan fingerprint density at radius 1 is 1.00 bits per heavy atom. The molecule has 2 aromatic rings. The SMILES string of the molecule is Nc1cc(NC(=O)c2cc(Cl)cc(Cl)c2)c(F)cc1F. The molecule has 0 heterocycles. The topological polar surface area (TPSA) is 55.1 Å². The summed E-state index contributed by atoms with van der Waals surface area (Å²) in [4.78, 5) is 11.9. The number of nitrogens with two attached hydrogens (primary N) is 1. The summed E-state index contributed by atoms with van der Waals surface area (Å²) in [6, 6.07) is 5.78. The van der Waals surface area contributed by atoms with Crippen LogP contribution in [-0.4, -0.2) is 5.91 Å². The lowest BCUT2D eigenvalue weighted by molar-refractivity contribution is 0.102. The monoisotopic (exact) mass is 316 g/mol. The molecule has 0 aliphatic heterocycles. The van der Waals surface area contributed by atoms with E-state index in [1.165, 1.54) is 18.2 Å². The first-order valence-electron chi connectivity index (χ1n) is 5.39. The van der Waals surface area contributed by atoms with Gasteiger partial charge in [0.15, 0.2) is 0 Å². The van der Waals surface area contributed by atoms with Crippen LogP contribution in [0, 0.1) is 11.6 Å². The molecule has 0 unspecified atom stereocenters. The van der Waals surface area contributed by atoms with Crippen molar-refractivity contribution in [2.75, 3.05) is 11.1 Å². The highest BCUT2D eigenvalue weighted by atomic mass is 35.5. The van der Waals surface area contributed by atoms with E-state index in [1.807, 2.05) is 0 Å². The summed E-state index contributed by atoms with van der Waals surface area (Å²) in [6.45, 7) is 0.